The number of aryl methyl sites for hydroxylation is 2. The van der Waals surface area contributed by atoms with Gasteiger partial charge in [-0.1, -0.05) is 0 Å². The zero-order valence-corrected chi connectivity index (χ0v) is 12.6. The second-order valence-electron chi connectivity index (χ2n) is 4.85. The largest absolute Gasteiger partial charge is 0.316 e. The van der Waals surface area contributed by atoms with Gasteiger partial charge in [0.15, 0.2) is 0 Å². The number of carbonyl (C=O) groups excluding carboxylic acids is 1. The zero-order valence-electron chi connectivity index (χ0n) is 11.0. The Bertz CT molecular complexity index is 436. The van der Waals surface area contributed by atoms with Crippen molar-refractivity contribution in [2.45, 2.75) is 39.7 Å². The molecule has 1 aliphatic rings. The molecule has 100 valence electrons. The lowest BCUT2D eigenvalue weighted by Gasteiger charge is -2.21. The van der Waals surface area contributed by atoms with Gasteiger partial charge in [0.1, 0.15) is 5.78 Å². The summed E-state index contributed by atoms with van der Waals surface area (Å²) in [6, 6.07) is 0. The first-order chi connectivity index (χ1) is 8.63. The van der Waals surface area contributed by atoms with E-state index in [4.69, 9.17) is 0 Å². The van der Waals surface area contributed by atoms with Gasteiger partial charge in [-0.25, -0.2) is 0 Å². The molecule has 1 N–H and O–H groups in total. The van der Waals surface area contributed by atoms with Crippen molar-refractivity contribution in [1.29, 1.82) is 0 Å². The average Bonchev–Trinajstić information content (AvgIpc) is 2.67. The maximum absolute atomic E-state index is 12.3. The molecule has 4 nitrogen and oxygen atoms in total. The zero-order chi connectivity index (χ0) is 13.1. The molecule has 5 heteroatoms. The highest BCUT2D eigenvalue weighted by Crippen LogP contribution is 2.23. The second-order valence-corrected chi connectivity index (χ2v) is 5.64. The summed E-state index contributed by atoms with van der Waals surface area (Å²) in [5.74, 6) is 0.503. The van der Waals surface area contributed by atoms with Crippen LogP contribution < -0.4 is 5.32 Å². The standard InChI is InChI=1S/C13H20BrN3O/c1-3-17-11(13(14)9(2)16-17)7-12(18)10-5-4-6-15-8-10/h10,15H,3-8H2,1-2H3. The van der Waals surface area contributed by atoms with E-state index in [0.29, 0.717) is 12.2 Å². The molecule has 1 fully saturated rings. The van der Waals surface area contributed by atoms with Gasteiger partial charge in [0.25, 0.3) is 0 Å². The Morgan fingerprint density at radius 1 is 1.61 bits per heavy atom. The van der Waals surface area contributed by atoms with Crippen LogP contribution in [-0.4, -0.2) is 28.7 Å². The van der Waals surface area contributed by atoms with E-state index in [1.54, 1.807) is 0 Å². The average molecular weight is 314 g/mol. The molecule has 1 atom stereocenters. The lowest BCUT2D eigenvalue weighted by Crippen LogP contribution is -2.35. The van der Waals surface area contributed by atoms with Crippen molar-refractivity contribution in [1.82, 2.24) is 15.1 Å². The summed E-state index contributed by atoms with van der Waals surface area (Å²) in [6.07, 6.45) is 2.61. The Labute approximate surface area is 116 Å². The number of hydrogen-bond donors (Lipinski definition) is 1. The number of Topliss-reactive ketones (excluding diaryl/α,β-unsaturated/α-hetero) is 1. The molecule has 1 aromatic rings. The lowest BCUT2D eigenvalue weighted by molar-refractivity contribution is -0.122. The third-order valence-electron chi connectivity index (χ3n) is 3.55. The molecule has 2 heterocycles. The van der Waals surface area contributed by atoms with Crippen LogP contribution in [0.1, 0.15) is 31.2 Å². The van der Waals surface area contributed by atoms with E-state index in [0.717, 1.165) is 48.3 Å². The van der Waals surface area contributed by atoms with E-state index in [1.165, 1.54) is 0 Å². The topological polar surface area (TPSA) is 46.9 Å². The second kappa shape index (κ2) is 5.97. The molecule has 0 aromatic carbocycles. The summed E-state index contributed by atoms with van der Waals surface area (Å²) in [5, 5.41) is 7.72. The molecule has 0 radical (unpaired) electrons. The van der Waals surface area contributed by atoms with Crippen molar-refractivity contribution in [3.8, 4) is 0 Å². The molecule has 1 aliphatic heterocycles. The lowest BCUT2D eigenvalue weighted by atomic mass is 9.92. The summed E-state index contributed by atoms with van der Waals surface area (Å²) in [7, 11) is 0. The third-order valence-corrected chi connectivity index (χ3v) is 4.58. The minimum absolute atomic E-state index is 0.172. The van der Waals surface area contributed by atoms with Crippen LogP contribution in [0.2, 0.25) is 0 Å². The molecule has 2 rings (SSSR count). The molecule has 1 unspecified atom stereocenters. The first-order valence-corrected chi connectivity index (χ1v) is 7.38. The first kappa shape index (κ1) is 13.7. The molecule has 0 aliphatic carbocycles. The number of halogens is 1. The van der Waals surface area contributed by atoms with Crippen molar-refractivity contribution >= 4 is 21.7 Å². The van der Waals surface area contributed by atoms with Gasteiger partial charge in [-0.3, -0.25) is 9.48 Å². The van der Waals surface area contributed by atoms with E-state index >= 15 is 0 Å². The first-order valence-electron chi connectivity index (χ1n) is 6.58. The molecule has 0 amide bonds. The number of rotatable bonds is 4. The predicted octanol–water partition coefficient (Wildman–Crippen LogP) is 2.09. The molecule has 18 heavy (non-hydrogen) atoms. The Kier molecular flexibility index (Phi) is 4.56. The number of ketones is 1. The van der Waals surface area contributed by atoms with Crippen LogP contribution in [0.15, 0.2) is 4.47 Å². The van der Waals surface area contributed by atoms with Crippen LogP contribution in [0, 0.1) is 12.8 Å². The predicted molar refractivity (Wildman–Crippen MR) is 74.6 cm³/mol. The minimum Gasteiger partial charge on any atom is -0.316 e. The van der Waals surface area contributed by atoms with Crippen molar-refractivity contribution in [3.05, 3.63) is 15.9 Å². The van der Waals surface area contributed by atoms with Crippen LogP contribution >= 0.6 is 15.9 Å². The van der Waals surface area contributed by atoms with Gasteiger partial charge in [0.05, 0.1) is 15.9 Å². The van der Waals surface area contributed by atoms with E-state index < -0.39 is 0 Å². The fraction of sp³-hybridized carbons (Fsp3) is 0.692. The summed E-state index contributed by atoms with van der Waals surface area (Å²) in [5.41, 5.74) is 1.98. The molecular weight excluding hydrogens is 294 g/mol. The van der Waals surface area contributed by atoms with Gasteiger partial charge in [0, 0.05) is 25.4 Å². The summed E-state index contributed by atoms with van der Waals surface area (Å²) in [4.78, 5) is 12.3. The van der Waals surface area contributed by atoms with Gasteiger partial charge in [-0.2, -0.15) is 5.10 Å². The number of nitrogens with zero attached hydrogens (tertiary/aromatic N) is 2. The number of nitrogens with one attached hydrogen (secondary N) is 1. The van der Waals surface area contributed by atoms with Gasteiger partial charge in [-0.05, 0) is 49.2 Å². The van der Waals surface area contributed by atoms with Crippen molar-refractivity contribution < 1.29 is 4.79 Å². The van der Waals surface area contributed by atoms with E-state index in [1.807, 2.05) is 11.6 Å². The van der Waals surface area contributed by atoms with Crippen LogP contribution in [0.25, 0.3) is 0 Å². The summed E-state index contributed by atoms with van der Waals surface area (Å²) in [6.45, 7) is 6.69. The number of piperidine rings is 1. The fourth-order valence-corrected chi connectivity index (χ4v) is 2.90. The molecule has 1 saturated heterocycles. The summed E-state index contributed by atoms with van der Waals surface area (Å²) < 4.78 is 2.91. The molecule has 0 saturated carbocycles. The molecular formula is C13H20BrN3O. The third kappa shape index (κ3) is 2.83. The fourth-order valence-electron chi connectivity index (χ4n) is 2.47. The quantitative estimate of drug-likeness (QED) is 0.926. The normalized spacial score (nSPS) is 20.1. The smallest absolute Gasteiger partial charge is 0.143 e. The molecule has 0 bridgehead atoms. The van der Waals surface area contributed by atoms with Gasteiger partial charge in [0.2, 0.25) is 0 Å². The van der Waals surface area contributed by atoms with Gasteiger partial charge < -0.3 is 5.32 Å². The van der Waals surface area contributed by atoms with Crippen molar-refractivity contribution in [2.75, 3.05) is 13.1 Å². The Morgan fingerprint density at radius 2 is 2.39 bits per heavy atom. The van der Waals surface area contributed by atoms with Gasteiger partial charge >= 0.3 is 0 Å². The van der Waals surface area contributed by atoms with E-state index in [9.17, 15) is 4.79 Å². The van der Waals surface area contributed by atoms with Crippen molar-refractivity contribution in [3.63, 3.8) is 0 Å². The Balaban J connectivity index is 2.10. The molecule has 1 aromatic heterocycles. The highest BCUT2D eigenvalue weighted by atomic mass is 79.9. The monoisotopic (exact) mass is 313 g/mol. The Morgan fingerprint density at radius 3 is 3.00 bits per heavy atom. The van der Waals surface area contributed by atoms with Crippen LogP contribution in [0.4, 0.5) is 0 Å². The number of aromatic nitrogens is 2. The Hall–Kier alpha value is -0.680. The maximum atomic E-state index is 12.3. The molecule has 0 spiro atoms. The number of hydrogen-bond acceptors (Lipinski definition) is 3. The van der Waals surface area contributed by atoms with Crippen LogP contribution in [-0.2, 0) is 17.8 Å². The minimum atomic E-state index is 0.172. The van der Waals surface area contributed by atoms with E-state index in [-0.39, 0.29) is 5.92 Å². The maximum Gasteiger partial charge on any atom is 0.143 e. The SMILES string of the molecule is CCn1nc(C)c(Br)c1CC(=O)C1CCCNC1. The highest BCUT2D eigenvalue weighted by Gasteiger charge is 2.23. The highest BCUT2D eigenvalue weighted by molar-refractivity contribution is 9.10. The van der Waals surface area contributed by atoms with Crippen LogP contribution in [0.5, 0.6) is 0 Å². The van der Waals surface area contributed by atoms with E-state index in [2.05, 4.69) is 33.3 Å². The van der Waals surface area contributed by atoms with Crippen LogP contribution in [0.3, 0.4) is 0 Å². The van der Waals surface area contributed by atoms with Crippen molar-refractivity contribution in [2.24, 2.45) is 5.92 Å². The number of carbonyl (C=O) groups is 1. The summed E-state index contributed by atoms with van der Waals surface area (Å²) >= 11 is 3.54. The van der Waals surface area contributed by atoms with Gasteiger partial charge in [-0.15, -0.1) is 0 Å².